The summed E-state index contributed by atoms with van der Waals surface area (Å²) in [5.41, 5.74) is -1.38. The van der Waals surface area contributed by atoms with E-state index in [1.165, 1.54) is 0 Å². The number of imide groups is 1. The average molecular weight is 376 g/mol. The summed E-state index contributed by atoms with van der Waals surface area (Å²) in [5.74, 6) is -5.34. The maximum atomic E-state index is 13.4. The lowest BCUT2D eigenvalue weighted by molar-refractivity contribution is -0.274. The van der Waals surface area contributed by atoms with Crippen molar-refractivity contribution in [1.29, 1.82) is 0 Å². The highest BCUT2D eigenvalue weighted by Gasteiger charge is 2.31. The van der Waals surface area contributed by atoms with Crippen LogP contribution in [-0.4, -0.2) is 23.4 Å². The van der Waals surface area contributed by atoms with E-state index in [0.29, 0.717) is 6.07 Å². The Kier molecular flexibility index (Phi) is 5.29. The number of carbonyl (C=O) groups is 2. The molecule has 26 heavy (non-hydrogen) atoms. The number of amides is 3. The fourth-order valence-electron chi connectivity index (χ4n) is 1.85. The maximum absolute atomic E-state index is 13.4. The second kappa shape index (κ2) is 7.25. The monoisotopic (exact) mass is 376 g/mol. The molecular formula is C15H9F5N2O4. The fraction of sp³-hybridized carbons (Fsp3) is 0.0667. The first-order valence-electron chi connectivity index (χ1n) is 6.72. The summed E-state index contributed by atoms with van der Waals surface area (Å²) < 4.78 is 66.7. The maximum Gasteiger partial charge on any atom is 0.573 e. The third-order valence-corrected chi connectivity index (χ3v) is 2.87. The number of rotatable bonds is 3. The standard InChI is InChI=1S/C15H9F5N2O4/c16-8-2-1-3-9(17)12(8)13(24)22-14(25)21-10-5-4-7(6-11(10)23)26-15(18,19)20/h1-6,23H,(H2,21,22,24,25). The molecule has 0 radical (unpaired) electrons. The first-order chi connectivity index (χ1) is 12.1. The molecule has 0 bridgehead atoms. The first kappa shape index (κ1) is 19.0. The van der Waals surface area contributed by atoms with Crippen LogP contribution in [-0.2, 0) is 0 Å². The summed E-state index contributed by atoms with van der Waals surface area (Å²) in [4.78, 5) is 23.4. The molecule has 3 N–H and O–H groups in total. The number of ether oxygens (including phenoxy) is 1. The predicted octanol–water partition coefficient (Wildman–Crippen LogP) is 3.53. The van der Waals surface area contributed by atoms with Crippen LogP contribution in [0.5, 0.6) is 11.5 Å². The molecule has 0 aliphatic rings. The van der Waals surface area contributed by atoms with E-state index in [0.717, 1.165) is 30.3 Å². The quantitative estimate of drug-likeness (QED) is 0.565. The van der Waals surface area contributed by atoms with Crippen molar-refractivity contribution in [3.8, 4) is 11.5 Å². The summed E-state index contributed by atoms with van der Waals surface area (Å²) in [5, 5.41) is 13.1. The molecule has 0 aromatic heterocycles. The third-order valence-electron chi connectivity index (χ3n) is 2.87. The van der Waals surface area contributed by atoms with Crippen molar-refractivity contribution in [2.75, 3.05) is 5.32 Å². The molecule has 0 aliphatic heterocycles. The van der Waals surface area contributed by atoms with Crippen molar-refractivity contribution in [2.24, 2.45) is 0 Å². The van der Waals surface area contributed by atoms with Gasteiger partial charge in [-0.25, -0.2) is 13.6 Å². The van der Waals surface area contributed by atoms with Gasteiger partial charge in [0.1, 0.15) is 28.7 Å². The summed E-state index contributed by atoms with van der Waals surface area (Å²) in [6, 6.07) is 3.58. The minimum Gasteiger partial charge on any atom is -0.506 e. The second-order valence-electron chi connectivity index (χ2n) is 4.73. The van der Waals surface area contributed by atoms with Crippen LogP contribution < -0.4 is 15.4 Å². The number of benzene rings is 2. The van der Waals surface area contributed by atoms with Crippen molar-refractivity contribution in [3.63, 3.8) is 0 Å². The minimum atomic E-state index is -4.98. The highest BCUT2D eigenvalue weighted by molar-refractivity contribution is 6.08. The molecule has 0 unspecified atom stereocenters. The van der Waals surface area contributed by atoms with Gasteiger partial charge >= 0.3 is 12.4 Å². The van der Waals surface area contributed by atoms with Gasteiger partial charge in [0.25, 0.3) is 5.91 Å². The van der Waals surface area contributed by atoms with Crippen LogP contribution in [0.4, 0.5) is 32.4 Å². The molecule has 2 aromatic rings. The van der Waals surface area contributed by atoms with E-state index in [2.05, 4.69) is 4.74 Å². The molecular weight excluding hydrogens is 367 g/mol. The molecule has 0 heterocycles. The lowest BCUT2D eigenvalue weighted by atomic mass is 10.2. The molecule has 3 amide bonds. The number of phenolic OH excluding ortho intramolecular Hbond substituents is 1. The van der Waals surface area contributed by atoms with Crippen molar-refractivity contribution >= 4 is 17.6 Å². The number of aromatic hydroxyl groups is 1. The highest BCUT2D eigenvalue weighted by Crippen LogP contribution is 2.31. The number of alkyl halides is 3. The molecule has 11 heteroatoms. The van der Waals surface area contributed by atoms with E-state index in [1.54, 1.807) is 5.32 Å². The smallest absolute Gasteiger partial charge is 0.506 e. The van der Waals surface area contributed by atoms with Crippen molar-refractivity contribution in [2.45, 2.75) is 6.36 Å². The van der Waals surface area contributed by atoms with Gasteiger partial charge in [0.2, 0.25) is 0 Å². The zero-order chi connectivity index (χ0) is 19.5. The lowest BCUT2D eigenvalue weighted by Crippen LogP contribution is -2.35. The largest absolute Gasteiger partial charge is 0.573 e. The minimum absolute atomic E-state index is 0.376. The molecule has 0 aliphatic carbocycles. The summed E-state index contributed by atoms with van der Waals surface area (Å²) in [7, 11) is 0. The first-order valence-corrected chi connectivity index (χ1v) is 6.72. The normalized spacial score (nSPS) is 11.0. The summed E-state index contributed by atoms with van der Waals surface area (Å²) in [6.45, 7) is 0. The summed E-state index contributed by atoms with van der Waals surface area (Å²) >= 11 is 0. The second-order valence-corrected chi connectivity index (χ2v) is 4.73. The van der Waals surface area contributed by atoms with Gasteiger partial charge in [-0.05, 0) is 24.3 Å². The Labute approximate surface area is 142 Å². The Bertz CT molecular complexity index is 834. The number of phenols is 1. The Morgan fingerprint density at radius 3 is 2.19 bits per heavy atom. The SMILES string of the molecule is O=C(NC(=O)c1c(F)cccc1F)Nc1ccc(OC(F)(F)F)cc1O. The molecule has 2 aromatic carbocycles. The van der Waals surface area contributed by atoms with E-state index >= 15 is 0 Å². The van der Waals surface area contributed by atoms with Crippen molar-refractivity contribution < 1.29 is 41.4 Å². The van der Waals surface area contributed by atoms with Gasteiger partial charge in [-0.15, -0.1) is 13.2 Å². The van der Waals surface area contributed by atoms with E-state index in [9.17, 15) is 36.6 Å². The van der Waals surface area contributed by atoms with E-state index < -0.39 is 47.0 Å². The van der Waals surface area contributed by atoms with Gasteiger partial charge in [0, 0.05) is 6.07 Å². The van der Waals surface area contributed by atoms with E-state index in [1.807, 2.05) is 5.32 Å². The molecule has 2 rings (SSSR count). The van der Waals surface area contributed by atoms with Gasteiger partial charge in [-0.3, -0.25) is 10.1 Å². The van der Waals surface area contributed by atoms with Crippen LogP contribution in [0.15, 0.2) is 36.4 Å². The zero-order valence-corrected chi connectivity index (χ0v) is 12.5. The van der Waals surface area contributed by atoms with Gasteiger partial charge in [0.15, 0.2) is 0 Å². The molecule has 0 atom stereocenters. The number of halogens is 5. The van der Waals surface area contributed by atoms with Crippen LogP contribution in [0.3, 0.4) is 0 Å². The number of hydrogen-bond donors (Lipinski definition) is 3. The number of hydrogen-bond acceptors (Lipinski definition) is 4. The van der Waals surface area contributed by atoms with Crippen LogP contribution in [0.1, 0.15) is 10.4 Å². The molecule has 0 fully saturated rings. The van der Waals surface area contributed by atoms with E-state index in [-0.39, 0.29) is 5.69 Å². The Morgan fingerprint density at radius 1 is 1.04 bits per heavy atom. The van der Waals surface area contributed by atoms with Crippen molar-refractivity contribution in [1.82, 2.24) is 5.32 Å². The van der Waals surface area contributed by atoms with E-state index in [4.69, 9.17) is 0 Å². The molecule has 0 spiro atoms. The predicted molar refractivity (Wildman–Crippen MR) is 77.6 cm³/mol. The molecule has 0 saturated carbocycles. The Hall–Kier alpha value is -3.37. The van der Waals surface area contributed by atoms with Crippen LogP contribution in [0, 0.1) is 11.6 Å². The topological polar surface area (TPSA) is 87.7 Å². The Balaban J connectivity index is 2.07. The molecule has 138 valence electrons. The van der Waals surface area contributed by atoms with Gasteiger partial charge in [0.05, 0.1) is 5.69 Å². The number of carbonyl (C=O) groups excluding carboxylic acids is 2. The average Bonchev–Trinajstić information content (AvgIpc) is 2.48. The fourth-order valence-corrected chi connectivity index (χ4v) is 1.85. The zero-order valence-electron chi connectivity index (χ0n) is 12.5. The van der Waals surface area contributed by atoms with Gasteiger partial charge < -0.3 is 15.2 Å². The third kappa shape index (κ3) is 4.82. The van der Waals surface area contributed by atoms with Gasteiger partial charge in [-0.2, -0.15) is 0 Å². The van der Waals surface area contributed by atoms with Crippen molar-refractivity contribution in [3.05, 3.63) is 53.6 Å². The lowest BCUT2D eigenvalue weighted by Gasteiger charge is -2.12. The van der Waals surface area contributed by atoms with Crippen LogP contribution in [0.25, 0.3) is 0 Å². The Morgan fingerprint density at radius 2 is 1.65 bits per heavy atom. The van der Waals surface area contributed by atoms with Crippen LogP contribution >= 0.6 is 0 Å². The van der Waals surface area contributed by atoms with Gasteiger partial charge in [-0.1, -0.05) is 6.07 Å². The van der Waals surface area contributed by atoms with Crippen LogP contribution in [0.2, 0.25) is 0 Å². The molecule has 0 saturated heterocycles. The number of urea groups is 1. The molecule has 6 nitrogen and oxygen atoms in total. The number of anilines is 1. The number of nitrogens with one attached hydrogen (secondary N) is 2. The highest BCUT2D eigenvalue weighted by atomic mass is 19.4. The summed E-state index contributed by atoms with van der Waals surface area (Å²) in [6.07, 6.45) is -4.98.